The van der Waals surface area contributed by atoms with E-state index in [1.54, 1.807) is 6.26 Å². The van der Waals surface area contributed by atoms with E-state index in [4.69, 9.17) is 9.25 Å². The van der Waals surface area contributed by atoms with Crippen molar-refractivity contribution in [2.45, 2.75) is 83.2 Å². The first kappa shape index (κ1) is 26.3. The fourth-order valence-electron chi connectivity index (χ4n) is 9.14. The Balaban J connectivity index is 1.14. The highest BCUT2D eigenvalue weighted by Gasteiger charge is 2.66. The van der Waals surface area contributed by atoms with Crippen LogP contribution in [0, 0.1) is 22.7 Å². The minimum Gasteiger partial charge on any atom is -0.431 e. The summed E-state index contributed by atoms with van der Waals surface area (Å²) < 4.78 is 5.23. The summed E-state index contributed by atoms with van der Waals surface area (Å²) in [4.78, 5) is 19.8. The van der Waals surface area contributed by atoms with Gasteiger partial charge in [-0.1, -0.05) is 24.6 Å². The second kappa shape index (κ2) is 10.2. The summed E-state index contributed by atoms with van der Waals surface area (Å²) in [6.45, 7) is 10.7. The normalized spacial score (nSPS) is 40.6. The van der Waals surface area contributed by atoms with Crippen LogP contribution in [0.3, 0.4) is 0 Å². The van der Waals surface area contributed by atoms with Gasteiger partial charge in [0, 0.05) is 31.1 Å². The number of rotatable bonds is 5. The molecule has 0 bridgehead atoms. The van der Waals surface area contributed by atoms with Gasteiger partial charge in [0.25, 0.3) is 0 Å². The van der Waals surface area contributed by atoms with Gasteiger partial charge in [0.1, 0.15) is 6.61 Å². The maximum absolute atomic E-state index is 12.4. The van der Waals surface area contributed by atoms with Gasteiger partial charge in [-0.3, -0.25) is 4.90 Å². The highest BCUT2D eigenvalue weighted by atomic mass is 16.6. The van der Waals surface area contributed by atoms with Crippen LogP contribution in [0.4, 0.5) is 0 Å². The molecule has 208 valence electrons. The quantitative estimate of drug-likeness (QED) is 0.438. The molecule has 0 aromatic carbocycles. The summed E-state index contributed by atoms with van der Waals surface area (Å²) in [5.74, 6) is 1.03. The first-order valence-electron chi connectivity index (χ1n) is 15.0. The Morgan fingerprint density at radius 1 is 1.11 bits per heavy atom. The van der Waals surface area contributed by atoms with Crippen LogP contribution >= 0.6 is 0 Å². The monoisotopic (exact) mass is 523 g/mol. The van der Waals surface area contributed by atoms with Crippen molar-refractivity contribution in [1.29, 1.82) is 0 Å². The van der Waals surface area contributed by atoms with Gasteiger partial charge in [0.15, 0.2) is 0 Å². The Bertz CT molecular complexity index is 1120. The molecule has 1 aromatic rings. The number of fused-ring (bicyclic) bond motifs is 5. The zero-order valence-electron chi connectivity index (χ0n) is 23.2. The lowest BCUT2D eigenvalue weighted by Gasteiger charge is -2.61. The predicted molar refractivity (Wildman–Crippen MR) is 148 cm³/mol. The van der Waals surface area contributed by atoms with Crippen molar-refractivity contribution in [3.63, 3.8) is 0 Å². The lowest BCUT2D eigenvalue weighted by Crippen LogP contribution is -2.60. The lowest BCUT2D eigenvalue weighted by atomic mass is 9.45. The molecule has 7 nitrogen and oxygen atoms in total. The number of hydrogen-bond donors (Lipinski definition) is 2. The highest BCUT2D eigenvalue weighted by molar-refractivity contribution is 5.96. The molecule has 0 amide bonds. The largest absolute Gasteiger partial charge is 0.431 e. The van der Waals surface area contributed by atoms with Crippen LogP contribution in [-0.2, 0) is 4.84 Å². The van der Waals surface area contributed by atoms with E-state index in [1.165, 1.54) is 18.1 Å². The van der Waals surface area contributed by atoms with Crippen LogP contribution in [0.15, 0.2) is 44.4 Å². The van der Waals surface area contributed by atoms with Crippen molar-refractivity contribution in [2.75, 3.05) is 39.3 Å². The van der Waals surface area contributed by atoms with Gasteiger partial charge >= 0.3 is 5.63 Å². The van der Waals surface area contributed by atoms with Crippen LogP contribution in [0.25, 0.3) is 0 Å². The molecule has 2 heterocycles. The molecule has 1 aromatic heterocycles. The Morgan fingerprint density at radius 3 is 2.84 bits per heavy atom. The number of hydrogen-bond acceptors (Lipinski definition) is 7. The molecule has 38 heavy (non-hydrogen) atoms. The lowest BCUT2D eigenvalue weighted by molar-refractivity contribution is -0.176. The average molecular weight is 524 g/mol. The first-order chi connectivity index (χ1) is 18.3. The molecule has 4 aliphatic carbocycles. The van der Waals surface area contributed by atoms with Gasteiger partial charge in [-0.25, -0.2) is 4.79 Å². The molecule has 6 rings (SSSR count). The SMILES string of the molecule is C[C@]12CCC(=NOCCN3CCCNCC3)C=C1CC[C@@H]1[C@@H]2CC[C@]2(C)[C@@H](c3ccc(=O)oc3)CC[C@]12O. The average Bonchev–Trinajstić information content (AvgIpc) is 3.04. The molecule has 1 aliphatic heterocycles. The summed E-state index contributed by atoms with van der Waals surface area (Å²) in [6, 6.07) is 3.44. The van der Waals surface area contributed by atoms with Gasteiger partial charge in [-0.05, 0) is 112 Å². The molecule has 7 heteroatoms. The minimum absolute atomic E-state index is 0.121. The van der Waals surface area contributed by atoms with Crippen LogP contribution in [0.2, 0.25) is 0 Å². The van der Waals surface area contributed by atoms with E-state index < -0.39 is 5.60 Å². The summed E-state index contributed by atoms with van der Waals surface area (Å²) >= 11 is 0. The smallest absolute Gasteiger partial charge is 0.335 e. The highest BCUT2D eigenvalue weighted by Crippen LogP contribution is 2.69. The minimum atomic E-state index is -0.675. The van der Waals surface area contributed by atoms with Crippen molar-refractivity contribution >= 4 is 5.71 Å². The Morgan fingerprint density at radius 2 is 2.00 bits per heavy atom. The predicted octanol–water partition coefficient (Wildman–Crippen LogP) is 4.47. The van der Waals surface area contributed by atoms with Crippen molar-refractivity contribution in [3.8, 4) is 0 Å². The van der Waals surface area contributed by atoms with E-state index in [-0.39, 0.29) is 22.4 Å². The van der Waals surface area contributed by atoms with Crippen molar-refractivity contribution < 1.29 is 14.4 Å². The van der Waals surface area contributed by atoms with E-state index in [0.29, 0.717) is 18.4 Å². The van der Waals surface area contributed by atoms with Crippen LogP contribution in [0.5, 0.6) is 0 Å². The molecule has 1 saturated heterocycles. The summed E-state index contributed by atoms with van der Waals surface area (Å²) in [6.07, 6.45) is 13.2. The standard InChI is InChI=1S/C31H45N3O4/c1-29-11-8-24(33-38-19-18-34-16-3-14-32-15-17-34)20-23(29)5-6-27-26(29)9-12-30(2)25(10-13-31(27,30)36)22-4-7-28(35)37-21-22/h4,7,20-21,25-27,32,36H,3,5-6,8-19H2,1-2H3/t25-,26+,27-,29+,30-,31+/m1/s1. The molecule has 6 atom stereocenters. The maximum atomic E-state index is 12.4. The topological polar surface area (TPSA) is 87.3 Å². The second-order valence-corrected chi connectivity index (χ2v) is 13.1. The Hall–Kier alpha value is -1.96. The van der Waals surface area contributed by atoms with Crippen LogP contribution < -0.4 is 10.9 Å². The van der Waals surface area contributed by atoms with Gasteiger partial charge in [0.05, 0.1) is 17.6 Å². The maximum Gasteiger partial charge on any atom is 0.335 e. The number of allylic oxidation sites excluding steroid dienone is 2. The molecule has 0 unspecified atom stereocenters. The fraction of sp³-hybridized carbons (Fsp3) is 0.742. The molecule has 3 saturated carbocycles. The number of nitrogens with zero attached hydrogens (tertiary/aromatic N) is 2. The van der Waals surface area contributed by atoms with Gasteiger partial charge in [-0.15, -0.1) is 0 Å². The zero-order valence-corrected chi connectivity index (χ0v) is 23.2. The molecular formula is C31H45N3O4. The van der Waals surface area contributed by atoms with Gasteiger partial charge < -0.3 is 19.7 Å². The molecule has 5 aliphatic rings. The van der Waals surface area contributed by atoms with Crippen molar-refractivity contribution in [1.82, 2.24) is 10.2 Å². The van der Waals surface area contributed by atoms with E-state index in [9.17, 15) is 9.90 Å². The van der Waals surface area contributed by atoms with Gasteiger partial charge in [0.2, 0.25) is 0 Å². The third-order valence-electron chi connectivity index (χ3n) is 11.4. The fourth-order valence-corrected chi connectivity index (χ4v) is 9.14. The molecule has 0 radical (unpaired) electrons. The molecular weight excluding hydrogens is 478 g/mol. The Labute approximate surface area is 226 Å². The molecule has 0 spiro atoms. The van der Waals surface area contributed by atoms with E-state index in [2.05, 4.69) is 35.3 Å². The third-order valence-corrected chi connectivity index (χ3v) is 11.4. The van der Waals surface area contributed by atoms with Crippen molar-refractivity contribution in [2.24, 2.45) is 27.8 Å². The number of aliphatic hydroxyl groups is 1. The van der Waals surface area contributed by atoms with Gasteiger partial charge in [-0.2, -0.15) is 0 Å². The van der Waals surface area contributed by atoms with E-state index >= 15 is 0 Å². The summed E-state index contributed by atoms with van der Waals surface area (Å²) in [7, 11) is 0. The van der Waals surface area contributed by atoms with Crippen LogP contribution in [-0.4, -0.2) is 60.6 Å². The van der Waals surface area contributed by atoms with E-state index in [1.807, 2.05) is 6.07 Å². The van der Waals surface area contributed by atoms with E-state index in [0.717, 1.165) is 95.4 Å². The zero-order chi connectivity index (χ0) is 26.4. The van der Waals surface area contributed by atoms with Crippen molar-refractivity contribution in [3.05, 3.63) is 46.0 Å². The summed E-state index contributed by atoms with van der Waals surface area (Å²) in [5, 5.41) is 20.4. The summed E-state index contributed by atoms with van der Waals surface area (Å²) in [5.41, 5.74) is 2.61. The third kappa shape index (κ3) is 4.39. The number of nitrogens with one attached hydrogen (secondary N) is 1. The second-order valence-electron chi connectivity index (χ2n) is 13.1. The Kier molecular flexibility index (Phi) is 7.06. The number of oxime groups is 1. The first-order valence-corrected chi connectivity index (χ1v) is 15.0. The molecule has 4 fully saturated rings. The molecule has 2 N–H and O–H groups in total. The van der Waals surface area contributed by atoms with Crippen LogP contribution in [0.1, 0.15) is 83.1 Å².